The molecule has 0 bridgehead atoms. The van der Waals surface area contributed by atoms with E-state index in [-0.39, 0.29) is 11.8 Å². The second-order valence-corrected chi connectivity index (χ2v) is 4.60. The van der Waals surface area contributed by atoms with Gasteiger partial charge in [-0.3, -0.25) is 4.79 Å². The van der Waals surface area contributed by atoms with E-state index in [4.69, 9.17) is 0 Å². The van der Waals surface area contributed by atoms with E-state index in [1.165, 1.54) is 12.1 Å². The molecule has 0 aliphatic carbocycles. The predicted octanol–water partition coefficient (Wildman–Crippen LogP) is 1.19. The van der Waals surface area contributed by atoms with Crippen LogP contribution >= 0.6 is 0 Å². The Bertz CT molecular complexity index is 447. The van der Waals surface area contributed by atoms with Crippen LogP contribution in [0.5, 0.6) is 0 Å². The SMILES string of the molecule is CN(CCc1ccc(F)cc1F)C(=O)C1CNC1. The van der Waals surface area contributed by atoms with Gasteiger partial charge < -0.3 is 10.2 Å². The van der Waals surface area contributed by atoms with Gasteiger partial charge >= 0.3 is 0 Å². The van der Waals surface area contributed by atoms with Crippen molar-refractivity contribution in [3.05, 3.63) is 35.4 Å². The molecule has 1 aromatic rings. The maximum atomic E-state index is 13.4. The Labute approximate surface area is 105 Å². The molecule has 1 saturated heterocycles. The first kappa shape index (κ1) is 13.0. The molecule has 0 spiro atoms. The summed E-state index contributed by atoms with van der Waals surface area (Å²) in [6.07, 6.45) is 0.397. The molecular weight excluding hydrogens is 238 g/mol. The normalized spacial score (nSPS) is 15.3. The van der Waals surface area contributed by atoms with Crippen LogP contribution in [0.2, 0.25) is 0 Å². The lowest BCUT2D eigenvalue weighted by atomic mass is 10.0. The van der Waals surface area contributed by atoms with Crippen LogP contribution in [-0.4, -0.2) is 37.5 Å². The Morgan fingerprint density at radius 2 is 2.17 bits per heavy atom. The van der Waals surface area contributed by atoms with Crippen molar-refractivity contribution in [2.24, 2.45) is 5.92 Å². The predicted molar refractivity (Wildman–Crippen MR) is 64.1 cm³/mol. The largest absolute Gasteiger partial charge is 0.345 e. The highest BCUT2D eigenvalue weighted by Gasteiger charge is 2.27. The van der Waals surface area contributed by atoms with Crippen molar-refractivity contribution in [3.63, 3.8) is 0 Å². The lowest BCUT2D eigenvalue weighted by Crippen LogP contribution is -2.51. The molecule has 0 saturated carbocycles. The second-order valence-electron chi connectivity index (χ2n) is 4.60. The zero-order chi connectivity index (χ0) is 13.1. The molecule has 1 aliphatic heterocycles. The molecule has 1 amide bonds. The maximum absolute atomic E-state index is 13.4. The molecule has 0 unspecified atom stereocenters. The zero-order valence-corrected chi connectivity index (χ0v) is 10.2. The summed E-state index contributed by atoms with van der Waals surface area (Å²) in [6, 6.07) is 3.52. The summed E-state index contributed by atoms with van der Waals surface area (Å²) in [5, 5.41) is 3.04. The molecule has 1 aliphatic rings. The monoisotopic (exact) mass is 254 g/mol. The number of hydrogen-bond acceptors (Lipinski definition) is 2. The topological polar surface area (TPSA) is 32.3 Å². The van der Waals surface area contributed by atoms with E-state index in [2.05, 4.69) is 5.32 Å². The number of rotatable bonds is 4. The molecule has 1 aromatic carbocycles. The van der Waals surface area contributed by atoms with E-state index in [0.29, 0.717) is 31.6 Å². The summed E-state index contributed by atoms with van der Waals surface area (Å²) >= 11 is 0. The summed E-state index contributed by atoms with van der Waals surface area (Å²) < 4.78 is 26.1. The van der Waals surface area contributed by atoms with Gasteiger partial charge in [0, 0.05) is 32.7 Å². The van der Waals surface area contributed by atoms with E-state index < -0.39 is 11.6 Å². The molecule has 3 nitrogen and oxygen atoms in total. The molecular formula is C13H16F2N2O. The lowest BCUT2D eigenvalue weighted by Gasteiger charge is -2.30. The maximum Gasteiger partial charge on any atom is 0.228 e. The van der Waals surface area contributed by atoms with E-state index in [9.17, 15) is 13.6 Å². The Kier molecular flexibility index (Phi) is 3.91. The highest BCUT2D eigenvalue weighted by atomic mass is 19.1. The third-order valence-electron chi connectivity index (χ3n) is 3.24. The molecule has 1 heterocycles. The number of carbonyl (C=O) groups excluding carboxylic acids is 1. The molecule has 18 heavy (non-hydrogen) atoms. The van der Waals surface area contributed by atoms with Crippen LogP contribution in [0.25, 0.3) is 0 Å². The third-order valence-corrected chi connectivity index (χ3v) is 3.24. The highest BCUT2D eigenvalue weighted by molar-refractivity contribution is 5.79. The fourth-order valence-electron chi connectivity index (χ4n) is 1.90. The Morgan fingerprint density at radius 3 is 2.72 bits per heavy atom. The molecule has 1 fully saturated rings. The fourth-order valence-corrected chi connectivity index (χ4v) is 1.90. The molecule has 0 atom stereocenters. The van der Waals surface area contributed by atoms with Gasteiger partial charge in [-0.25, -0.2) is 8.78 Å². The van der Waals surface area contributed by atoms with Crippen LogP contribution in [-0.2, 0) is 11.2 Å². The highest BCUT2D eigenvalue weighted by Crippen LogP contribution is 2.12. The number of amides is 1. The van der Waals surface area contributed by atoms with Gasteiger partial charge in [-0.05, 0) is 18.1 Å². The van der Waals surface area contributed by atoms with E-state index in [1.54, 1.807) is 11.9 Å². The molecule has 5 heteroatoms. The van der Waals surface area contributed by atoms with Crippen LogP contribution in [0.3, 0.4) is 0 Å². The minimum atomic E-state index is -0.582. The number of halogens is 2. The van der Waals surface area contributed by atoms with E-state index in [1.807, 2.05) is 0 Å². The third kappa shape index (κ3) is 2.85. The average Bonchev–Trinajstić information content (AvgIpc) is 2.25. The molecule has 98 valence electrons. The van der Waals surface area contributed by atoms with Gasteiger partial charge in [0.05, 0.1) is 5.92 Å². The Balaban J connectivity index is 1.88. The second kappa shape index (κ2) is 5.44. The first-order valence-corrected chi connectivity index (χ1v) is 5.97. The summed E-state index contributed by atoms with van der Waals surface area (Å²) in [4.78, 5) is 13.4. The Hall–Kier alpha value is -1.49. The van der Waals surface area contributed by atoms with Crippen molar-refractivity contribution in [2.75, 3.05) is 26.7 Å². The van der Waals surface area contributed by atoms with Crippen LogP contribution < -0.4 is 5.32 Å². The van der Waals surface area contributed by atoms with Crippen molar-refractivity contribution in [1.29, 1.82) is 0 Å². The van der Waals surface area contributed by atoms with Crippen molar-refractivity contribution < 1.29 is 13.6 Å². The van der Waals surface area contributed by atoms with Crippen molar-refractivity contribution in [3.8, 4) is 0 Å². The quantitative estimate of drug-likeness (QED) is 0.875. The van der Waals surface area contributed by atoms with Crippen LogP contribution in [0.1, 0.15) is 5.56 Å². The van der Waals surface area contributed by atoms with Gasteiger partial charge in [-0.2, -0.15) is 0 Å². The van der Waals surface area contributed by atoms with Crippen LogP contribution in [0, 0.1) is 17.6 Å². The van der Waals surface area contributed by atoms with E-state index >= 15 is 0 Å². The molecule has 0 aromatic heterocycles. The number of benzene rings is 1. The lowest BCUT2D eigenvalue weighted by molar-refractivity contribution is -0.135. The fraction of sp³-hybridized carbons (Fsp3) is 0.462. The summed E-state index contributed by atoms with van der Waals surface area (Å²) in [5.74, 6) is -1.01. The number of hydrogen-bond donors (Lipinski definition) is 1. The minimum Gasteiger partial charge on any atom is -0.345 e. The summed E-state index contributed by atoms with van der Waals surface area (Å²) in [6.45, 7) is 1.88. The average molecular weight is 254 g/mol. The standard InChI is InChI=1S/C13H16F2N2O/c1-17(13(18)10-7-16-8-10)5-4-9-2-3-11(14)6-12(9)15/h2-3,6,10,16H,4-5,7-8H2,1H3. The summed E-state index contributed by atoms with van der Waals surface area (Å²) in [5.41, 5.74) is 0.433. The van der Waals surface area contributed by atoms with Crippen LogP contribution in [0.4, 0.5) is 8.78 Å². The molecule has 1 N–H and O–H groups in total. The smallest absolute Gasteiger partial charge is 0.228 e. The van der Waals surface area contributed by atoms with Gasteiger partial charge in [-0.1, -0.05) is 6.07 Å². The van der Waals surface area contributed by atoms with Gasteiger partial charge in [0.2, 0.25) is 5.91 Å². The van der Waals surface area contributed by atoms with E-state index in [0.717, 1.165) is 6.07 Å². The van der Waals surface area contributed by atoms with Crippen molar-refractivity contribution in [1.82, 2.24) is 10.2 Å². The first-order chi connectivity index (χ1) is 8.58. The Morgan fingerprint density at radius 1 is 1.44 bits per heavy atom. The van der Waals surface area contributed by atoms with Crippen LogP contribution in [0.15, 0.2) is 18.2 Å². The van der Waals surface area contributed by atoms with Gasteiger partial charge in [-0.15, -0.1) is 0 Å². The number of nitrogens with one attached hydrogen (secondary N) is 1. The van der Waals surface area contributed by atoms with Crippen molar-refractivity contribution >= 4 is 5.91 Å². The number of carbonyl (C=O) groups is 1. The van der Waals surface area contributed by atoms with Gasteiger partial charge in [0.15, 0.2) is 0 Å². The van der Waals surface area contributed by atoms with Gasteiger partial charge in [0.1, 0.15) is 11.6 Å². The molecule has 2 rings (SSSR count). The summed E-state index contributed by atoms with van der Waals surface area (Å²) in [7, 11) is 1.71. The van der Waals surface area contributed by atoms with Gasteiger partial charge in [0.25, 0.3) is 0 Å². The molecule has 0 radical (unpaired) electrons. The zero-order valence-electron chi connectivity index (χ0n) is 10.2. The number of likely N-dealkylation sites (N-methyl/N-ethyl adjacent to an activating group) is 1. The van der Waals surface area contributed by atoms with Crippen molar-refractivity contribution in [2.45, 2.75) is 6.42 Å². The first-order valence-electron chi connectivity index (χ1n) is 5.97. The number of nitrogens with zero attached hydrogens (tertiary/aromatic N) is 1. The minimum absolute atomic E-state index is 0.0491.